The lowest BCUT2D eigenvalue weighted by atomic mass is 10.0. The highest BCUT2D eigenvalue weighted by atomic mass is 16.6. The third kappa shape index (κ3) is 11.5. The molecule has 138 valence electrons. The molecule has 0 radical (unpaired) electrons. The van der Waals surface area contributed by atoms with Gasteiger partial charge in [-0.2, -0.15) is 0 Å². The van der Waals surface area contributed by atoms with Crippen LogP contribution in [0.1, 0.15) is 97.3 Å². The molecule has 0 aliphatic rings. The number of unbranched alkanes of at least 4 members (excludes halogenated alkanes) is 11. The van der Waals surface area contributed by atoms with E-state index < -0.39 is 5.79 Å². The fraction of sp³-hybridized carbons (Fsp3) is 0.727. The molecule has 1 atom stereocenters. The van der Waals surface area contributed by atoms with Gasteiger partial charge >= 0.3 is 0 Å². The summed E-state index contributed by atoms with van der Waals surface area (Å²) in [4.78, 5) is 0. The molecule has 0 amide bonds. The predicted octanol–water partition coefficient (Wildman–Crippen LogP) is 6.87. The van der Waals surface area contributed by atoms with E-state index in [9.17, 15) is 5.11 Å². The third-order valence-corrected chi connectivity index (χ3v) is 4.58. The first-order valence-corrected chi connectivity index (χ1v) is 10.1. The van der Waals surface area contributed by atoms with Gasteiger partial charge in [-0.15, -0.1) is 0 Å². The zero-order valence-electron chi connectivity index (χ0n) is 15.9. The molecule has 2 heteroatoms. The number of hydrogen-bond donors (Lipinski definition) is 1. The highest BCUT2D eigenvalue weighted by molar-refractivity contribution is 5.21. The van der Waals surface area contributed by atoms with Gasteiger partial charge in [-0.1, -0.05) is 95.8 Å². The fourth-order valence-electron chi connectivity index (χ4n) is 3.09. The Balaban J connectivity index is 1.92. The molecular formula is C22H38O2. The van der Waals surface area contributed by atoms with Crippen LogP contribution >= 0.6 is 0 Å². The monoisotopic (exact) mass is 334 g/mol. The zero-order valence-corrected chi connectivity index (χ0v) is 15.9. The molecule has 0 aliphatic heterocycles. The van der Waals surface area contributed by atoms with E-state index in [1.807, 2.05) is 30.3 Å². The molecule has 1 N–H and O–H groups in total. The lowest BCUT2D eigenvalue weighted by Gasteiger charge is -2.24. The first-order chi connectivity index (χ1) is 11.6. The summed E-state index contributed by atoms with van der Waals surface area (Å²) in [6, 6.07) is 9.57. The van der Waals surface area contributed by atoms with E-state index in [0.717, 1.165) is 12.2 Å². The van der Waals surface area contributed by atoms with Gasteiger partial charge in [-0.25, -0.2) is 0 Å². The maximum atomic E-state index is 10.3. The van der Waals surface area contributed by atoms with E-state index in [1.54, 1.807) is 6.92 Å². The molecule has 0 saturated carbocycles. The Kier molecular flexibility index (Phi) is 11.6. The largest absolute Gasteiger partial charge is 0.463 e. The maximum absolute atomic E-state index is 10.3. The van der Waals surface area contributed by atoms with E-state index in [0.29, 0.717) is 6.42 Å². The predicted molar refractivity (Wildman–Crippen MR) is 103 cm³/mol. The van der Waals surface area contributed by atoms with Gasteiger partial charge < -0.3 is 9.84 Å². The molecule has 0 aliphatic carbocycles. The number of hydrogen-bond acceptors (Lipinski definition) is 2. The SMILES string of the molecule is CCCCCCCCCCCCCCC(C)(O)Oc1ccccc1. The number of rotatable bonds is 15. The normalized spacial score (nSPS) is 13.6. The molecule has 0 fully saturated rings. The summed E-state index contributed by atoms with van der Waals surface area (Å²) in [5.41, 5.74) is 0. The summed E-state index contributed by atoms with van der Waals surface area (Å²) in [7, 11) is 0. The lowest BCUT2D eigenvalue weighted by Crippen LogP contribution is -2.31. The van der Waals surface area contributed by atoms with E-state index in [2.05, 4.69) is 6.92 Å². The Morgan fingerprint density at radius 3 is 1.71 bits per heavy atom. The fourth-order valence-corrected chi connectivity index (χ4v) is 3.09. The molecule has 0 spiro atoms. The first kappa shape index (κ1) is 21.0. The topological polar surface area (TPSA) is 29.5 Å². The minimum atomic E-state index is -1.06. The minimum Gasteiger partial charge on any atom is -0.463 e. The molecule has 0 bridgehead atoms. The quantitative estimate of drug-likeness (QED) is 0.280. The van der Waals surface area contributed by atoms with E-state index in [4.69, 9.17) is 4.74 Å². The lowest BCUT2D eigenvalue weighted by molar-refractivity contribution is -0.127. The van der Waals surface area contributed by atoms with Crippen molar-refractivity contribution in [2.24, 2.45) is 0 Å². The van der Waals surface area contributed by atoms with Gasteiger partial charge in [0.25, 0.3) is 0 Å². The second kappa shape index (κ2) is 13.3. The Labute approximate surface area is 149 Å². The van der Waals surface area contributed by atoms with Crippen molar-refractivity contribution in [1.82, 2.24) is 0 Å². The van der Waals surface area contributed by atoms with Crippen LogP contribution in [-0.2, 0) is 0 Å². The van der Waals surface area contributed by atoms with Gasteiger partial charge in [-0.3, -0.25) is 0 Å². The molecule has 1 unspecified atom stereocenters. The molecular weight excluding hydrogens is 296 g/mol. The minimum absolute atomic E-state index is 0.694. The standard InChI is InChI=1S/C22H38O2/c1-3-4-5-6-7-8-9-10-11-12-13-17-20-22(2,23)24-21-18-15-14-16-19-21/h14-16,18-19,23H,3-13,17,20H2,1-2H3. The summed E-state index contributed by atoms with van der Waals surface area (Å²) in [6.45, 7) is 4.03. The van der Waals surface area contributed by atoms with Crippen molar-refractivity contribution in [1.29, 1.82) is 0 Å². The van der Waals surface area contributed by atoms with Gasteiger partial charge in [0.1, 0.15) is 5.75 Å². The summed E-state index contributed by atoms with van der Waals surface area (Å²) in [6.07, 6.45) is 16.7. The van der Waals surface area contributed by atoms with Crippen molar-refractivity contribution in [3.63, 3.8) is 0 Å². The first-order valence-electron chi connectivity index (χ1n) is 10.1. The second-order valence-corrected chi connectivity index (χ2v) is 7.23. The number of para-hydroxylation sites is 1. The van der Waals surface area contributed by atoms with Gasteiger partial charge in [0.15, 0.2) is 0 Å². The molecule has 24 heavy (non-hydrogen) atoms. The highest BCUT2D eigenvalue weighted by Crippen LogP contribution is 2.21. The summed E-state index contributed by atoms with van der Waals surface area (Å²) in [5, 5.41) is 10.3. The Hall–Kier alpha value is -1.02. The van der Waals surface area contributed by atoms with Gasteiger partial charge in [0.2, 0.25) is 5.79 Å². The Morgan fingerprint density at radius 2 is 1.21 bits per heavy atom. The van der Waals surface area contributed by atoms with Gasteiger partial charge in [0.05, 0.1) is 0 Å². The Morgan fingerprint density at radius 1 is 0.750 bits per heavy atom. The second-order valence-electron chi connectivity index (χ2n) is 7.23. The van der Waals surface area contributed by atoms with Crippen molar-refractivity contribution in [3.8, 4) is 5.75 Å². The molecule has 1 rings (SSSR count). The maximum Gasteiger partial charge on any atom is 0.205 e. The molecule has 1 aromatic carbocycles. The van der Waals surface area contributed by atoms with Crippen LogP contribution in [0.2, 0.25) is 0 Å². The van der Waals surface area contributed by atoms with Crippen LogP contribution in [0.3, 0.4) is 0 Å². The molecule has 2 nitrogen and oxygen atoms in total. The van der Waals surface area contributed by atoms with Crippen LogP contribution in [0.5, 0.6) is 5.75 Å². The highest BCUT2D eigenvalue weighted by Gasteiger charge is 2.21. The van der Waals surface area contributed by atoms with Crippen molar-refractivity contribution in [2.45, 2.75) is 103 Å². The molecule has 0 saturated heterocycles. The molecule has 1 aromatic rings. The van der Waals surface area contributed by atoms with Crippen LogP contribution in [0.25, 0.3) is 0 Å². The van der Waals surface area contributed by atoms with Gasteiger partial charge in [-0.05, 0) is 18.6 Å². The van der Waals surface area contributed by atoms with Crippen molar-refractivity contribution >= 4 is 0 Å². The molecule has 0 heterocycles. The van der Waals surface area contributed by atoms with Crippen molar-refractivity contribution in [2.75, 3.05) is 0 Å². The van der Waals surface area contributed by atoms with Crippen molar-refractivity contribution in [3.05, 3.63) is 30.3 Å². The van der Waals surface area contributed by atoms with Crippen LogP contribution in [0.4, 0.5) is 0 Å². The van der Waals surface area contributed by atoms with Crippen molar-refractivity contribution < 1.29 is 9.84 Å². The summed E-state index contributed by atoms with van der Waals surface area (Å²) in [5.74, 6) is -0.318. The summed E-state index contributed by atoms with van der Waals surface area (Å²) < 4.78 is 5.66. The van der Waals surface area contributed by atoms with E-state index >= 15 is 0 Å². The number of benzene rings is 1. The van der Waals surface area contributed by atoms with E-state index in [-0.39, 0.29) is 0 Å². The average molecular weight is 335 g/mol. The Bertz CT molecular complexity index is 386. The van der Waals surface area contributed by atoms with Crippen LogP contribution < -0.4 is 4.74 Å². The number of ether oxygens (including phenoxy) is 1. The van der Waals surface area contributed by atoms with E-state index in [1.165, 1.54) is 70.6 Å². The zero-order chi connectivity index (χ0) is 17.5. The average Bonchev–Trinajstić information content (AvgIpc) is 2.56. The summed E-state index contributed by atoms with van der Waals surface area (Å²) >= 11 is 0. The molecule has 0 aromatic heterocycles. The number of aliphatic hydroxyl groups is 1. The van der Waals surface area contributed by atoms with Crippen LogP contribution in [0, 0.1) is 0 Å². The van der Waals surface area contributed by atoms with Crippen LogP contribution in [-0.4, -0.2) is 10.9 Å². The van der Waals surface area contributed by atoms with Crippen LogP contribution in [0.15, 0.2) is 30.3 Å². The smallest absolute Gasteiger partial charge is 0.205 e. The third-order valence-electron chi connectivity index (χ3n) is 4.58. The van der Waals surface area contributed by atoms with Gasteiger partial charge in [0, 0.05) is 13.3 Å².